The Hall–Kier alpha value is -3.76. The van der Waals surface area contributed by atoms with Gasteiger partial charge in [0.25, 0.3) is 0 Å². The highest BCUT2D eigenvalue weighted by atomic mass is 16.7. The lowest BCUT2D eigenvalue weighted by Crippen LogP contribution is -2.46. The van der Waals surface area contributed by atoms with Gasteiger partial charge in [-0.25, -0.2) is 4.79 Å². The maximum Gasteiger partial charge on any atom is 0.325 e. The quantitative estimate of drug-likeness (QED) is 0.189. The lowest BCUT2D eigenvalue weighted by Gasteiger charge is -2.43. The molecule has 3 aromatic carbocycles. The second-order valence-corrected chi connectivity index (χ2v) is 15.6. The van der Waals surface area contributed by atoms with E-state index in [1.54, 1.807) is 6.92 Å². The molecule has 2 saturated heterocycles. The largest absolute Gasteiger partial charge is 0.465 e. The normalized spacial score (nSPS) is 27.4. The second kappa shape index (κ2) is 15.2. The van der Waals surface area contributed by atoms with Crippen LogP contribution in [0.4, 0.5) is 4.79 Å². The number of esters is 1. The molecule has 50 heavy (non-hydrogen) atoms. The number of urea groups is 1. The highest BCUT2D eigenvalue weighted by Gasteiger charge is 2.51. The molecule has 1 saturated carbocycles. The van der Waals surface area contributed by atoms with Crippen molar-refractivity contribution in [1.82, 2.24) is 15.5 Å². The van der Waals surface area contributed by atoms with Crippen LogP contribution >= 0.6 is 0 Å². The summed E-state index contributed by atoms with van der Waals surface area (Å²) in [6.07, 6.45) is 3.05. The van der Waals surface area contributed by atoms with Gasteiger partial charge in [-0.05, 0) is 70.9 Å². The molecule has 9 nitrogen and oxygen atoms in total. The number of amides is 2. The SMILES string of the molecule is CCOC(=O)CNC(=O)NCc1cccc(-c2ccc(C3OC(CN4CC5(C)CC4CC(C)(C)C5)C(C)C(c4ccc(CO)cc4)O3)cc2)c1. The first-order valence-electron chi connectivity index (χ1n) is 18.1. The molecule has 6 unspecified atom stereocenters. The zero-order valence-corrected chi connectivity index (χ0v) is 30.1. The first kappa shape index (κ1) is 36.0. The third-order valence-electron chi connectivity index (χ3n) is 10.7. The maximum atomic E-state index is 12.2. The van der Waals surface area contributed by atoms with Crippen LogP contribution in [0.2, 0.25) is 0 Å². The Labute approximate surface area is 296 Å². The average molecular weight is 684 g/mol. The van der Waals surface area contributed by atoms with Crippen molar-refractivity contribution < 1.29 is 28.9 Å². The number of ether oxygens (including phenoxy) is 3. The number of aliphatic hydroxyl groups is 1. The van der Waals surface area contributed by atoms with E-state index in [9.17, 15) is 14.7 Å². The minimum Gasteiger partial charge on any atom is -0.465 e. The smallest absolute Gasteiger partial charge is 0.325 e. The summed E-state index contributed by atoms with van der Waals surface area (Å²) < 4.78 is 18.5. The summed E-state index contributed by atoms with van der Waals surface area (Å²) in [5.74, 6) is -0.336. The fourth-order valence-corrected chi connectivity index (χ4v) is 8.65. The van der Waals surface area contributed by atoms with Gasteiger partial charge >= 0.3 is 12.0 Å². The average Bonchev–Trinajstić information content (AvgIpc) is 3.34. The highest BCUT2D eigenvalue weighted by molar-refractivity contribution is 5.80. The number of fused-ring (bicyclic) bond motifs is 2. The molecule has 2 amide bonds. The number of nitrogens with one attached hydrogen (secondary N) is 2. The van der Waals surface area contributed by atoms with Gasteiger partial charge in [-0.15, -0.1) is 0 Å². The number of rotatable bonds is 11. The minimum absolute atomic E-state index is 0.0133. The van der Waals surface area contributed by atoms with Gasteiger partial charge in [0.05, 0.1) is 25.4 Å². The zero-order valence-electron chi connectivity index (χ0n) is 30.1. The van der Waals surface area contributed by atoms with Gasteiger partial charge in [0.2, 0.25) is 0 Å². The summed E-state index contributed by atoms with van der Waals surface area (Å²) in [6, 6.07) is 24.6. The van der Waals surface area contributed by atoms with Crippen LogP contribution in [0, 0.1) is 16.7 Å². The molecule has 3 N–H and O–H groups in total. The van der Waals surface area contributed by atoms with Crippen molar-refractivity contribution in [3.8, 4) is 11.1 Å². The Morgan fingerprint density at radius 2 is 1.66 bits per heavy atom. The van der Waals surface area contributed by atoms with E-state index in [2.05, 4.69) is 79.6 Å². The van der Waals surface area contributed by atoms with Crippen molar-refractivity contribution in [2.75, 3.05) is 26.2 Å². The number of likely N-dealkylation sites (tertiary alicyclic amines) is 1. The molecule has 3 fully saturated rings. The van der Waals surface area contributed by atoms with Crippen LogP contribution in [0.1, 0.15) is 88.5 Å². The highest BCUT2D eigenvalue weighted by Crippen LogP contribution is 2.53. The predicted octanol–water partition coefficient (Wildman–Crippen LogP) is 6.90. The fourth-order valence-electron chi connectivity index (χ4n) is 8.65. The molecule has 2 aliphatic heterocycles. The Morgan fingerprint density at radius 1 is 0.920 bits per heavy atom. The van der Waals surface area contributed by atoms with Crippen molar-refractivity contribution in [3.63, 3.8) is 0 Å². The summed E-state index contributed by atoms with van der Waals surface area (Å²) in [4.78, 5) is 26.4. The summed E-state index contributed by atoms with van der Waals surface area (Å²) in [5.41, 5.74) is 6.65. The van der Waals surface area contributed by atoms with E-state index < -0.39 is 18.3 Å². The molecule has 2 heterocycles. The molecule has 0 spiro atoms. The monoisotopic (exact) mass is 683 g/mol. The van der Waals surface area contributed by atoms with Crippen molar-refractivity contribution >= 4 is 12.0 Å². The summed E-state index contributed by atoms with van der Waals surface area (Å²) in [5, 5.41) is 15.0. The minimum atomic E-state index is -0.523. The molecule has 6 rings (SSSR count). The molecular formula is C41H53N3O6. The number of carbonyl (C=O) groups is 2. The molecule has 9 heteroatoms. The summed E-state index contributed by atoms with van der Waals surface area (Å²) in [7, 11) is 0. The van der Waals surface area contributed by atoms with Crippen molar-refractivity contribution in [2.45, 2.75) is 91.6 Å². The Bertz CT molecular complexity index is 1630. The summed E-state index contributed by atoms with van der Waals surface area (Å²) in [6.45, 7) is 13.7. The molecule has 268 valence electrons. The lowest BCUT2D eigenvalue weighted by atomic mass is 9.65. The first-order chi connectivity index (χ1) is 23.9. The second-order valence-electron chi connectivity index (χ2n) is 15.6. The van der Waals surface area contributed by atoms with Crippen LogP contribution in [-0.2, 0) is 32.2 Å². The van der Waals surface area contributed by atoms with E-state index in [1.165, 1.54) is 19.3 Å². The zero-order chi connectivity index (χ0) is 35.5. The van der Waals surface area contributed by atoms with Crippen LogP contribution in [0.5, 0.6) is 0 Å². The van der Waals surface area contributed by atoms with Gasteiger partial charge in [-0.3, -0.25) is 9.69 Å². The van der Waals surface area contributed by atoms with E-state index in [1.807, 2.05) is 36.4 Å². The lowest BCUT2D eigenvalue weighted by molar-refractivity contribution is -0.276. The van der Waals surface area contributed by atoms with E-state index in [0.717, 1.165) is 46.5 Å². The van der Waals surface area contributed by atoms with Crippen molar-refractivity contribution in [2.24, 2.45) is 16.7 Å². The molecular weight excluding hydrogens is 630 g/mol. The van der Waals surface area contributed by atoms with E-state index in [4.69, 9.17) is 14.2 Å². The molecule has 0 radical (unpaired) electrons. The van der Waals surface area contributed by atoms with Gasteiger partial charge in [0.15, 0.2) is 6.29 Å². The predicted molar refractivity (Wildman–Crippen MR) is 193 cm³/mol. The van der Waals surface area contributed by atoms with E-state index in [-0.39, 0.29) is 37.9 Å². The first-order valence-corrected chi connectivity index (χ1v) is 18.1. The molecule has 3 aliphatic rings. The van der Waals surface area contributed by atoms with Gasteiger partial charge in [0, 0.05) is 37.2 Å². The Balaban J connectivity index is 1.16. The van der Waals surface area contributed by atoms with Gasteiger partial charge in [-0.1, -0.05) is 94.4 Å². The number of nitrogens with zero attached hydrogens (tertiary/aromatic N) is 1. The fraction of sp³-hybridized carbons (Fsp3) is 0.512. The van der Waals surface area contributed by atoms with Crippen LogP contribution in [0.15, 0.2) is 72.8 Å². The molecule has 6 atom stereocenters. The number of aliphatic hydroxyl groups excluding tert-OH is 1. The molecule has 0 aromatic heterocycles. The van der Waals surface area contributed by atoms with Crippen molar-refractivity contribution in [1.29, 1.82) is 0 Å². The summed E-state index contributed by atoms with van der Waals surface area (Å²) >= 11 is 0. The van der Waals surface area contributed by atoms with Crippen LogP contribution in [0.25, 0.3) is 11.1 Å². The topological polar surface area (TPSA) is 109 Å². The van der Waals surface area contributed by atoms with Gasteiger partial charge < -0.3 is 30.0 Å². The van der Waals surface area contributed by atoms with E-state index in [0.29, 0.717) is 23.4 Å². The number of hydrogen-bond acceptors (Lipinski definition) is 7. The van der Waals surface area contributed by atoms with Crippen LogP contribution in [0.3, 0.4) is 0 Å². The number of benzene rings is 3. The van der Waals surface area contributed by atoms with Crippen molar-refractivity contribution in [3.05, 3.63) is 95.1 Å². The Kier molecular flexibility index (Phi) is 11.0. The number of hydrogen-bond donors (Lipinski definition) is 3. The van der Waals surface area contributed by atoms with Gasteiger partial charge in [-0.2, -0.15) is 0 Å². The third-order valence-corrected chi connectivity index (χ3v) is 10.7. The van der Waals surface area contributed by atoms with Crippen LogP contribution < -0.4 is 10.6 Å². The van der Waals surface area contributed by atoms with Gasteiger partial charge in [0.1, 0.15) is 6.54 Å². The number of carbonyl (C=O) groups excluding carboxylic acids is 2. The molecule has 3 aromatic rings. The molecule has 2 bridgehead atoms. The van der Waals surface area contributed by atoms with E-state index >= 15 is 0 Å². The third kappa shape index (κ3) is 8.57. The standard InChI is InChI=1S/C41H53N3O6/c1-6-48-36(46)22-43-39(47)42-21-29-8-7-9-33(18-29)30-14-16-32(17-15-30)38-49-35(23-44-26-41(5)20-34(44)19-40(3,4)25-41)27(2)37(50-38)31-12-10-28(24-45)11-13-31/h7-18,27,34-35,37-38,45H,6,19-26H2,1-5H3,(H2,42,43,47). The van der Waals surface area contributed by atoms with Crippen LogP contribution in [-0.4, -0.2) is 60.4 Å². The Morgan fingerprint density at radius 3 is 2.38 bits per heavy atom. The molecule has 1 aliphatic carbocycles. The maximum absolute atomic E-state index is 12.2.